The SMILES string of the molecule is FC(F)(F)SCCN1CCCCC1CBr. The molecule has 1 nitrogen and oxygen atoms in total. The molecule has 1 aliphatic heterocycles. The van der Waals surface area contributed by atoms with Crippen molar-refractivity contribution >= 4 is 27.7 Å². The van der Waals surface area contributed by atoms with Crippen LogP contribution in [-0.4, -0.2) is 40.6 Å². The van der Waals surface area contributed by atoms with Crippen LogP contribution in [0.5, 0.6) is 0 Å². The fourth-order valence-corrected chi connectivity index (χ4v) is 3.10. The van der Waals surface area contributed by atoms with E-state index in [1.54, 1.807) is 0 Å². The molecule has 1 heterocycles. The van der Waals surface area contributed by atoms with Crippen LogP contribution in [0.2, 0.25) is 0 Å². The molecule has 0 N–H and O–H groups in total. The summed E-state index contributed by atoms with van der Waals surface area (Å²) in [5, 5.41) is 0.865. The summed E-state index contributed by atoms with van der Waals surface area (Å²) in [6.45, 7) is 1.48. The molecule has 0 aromatic carbocycles. The zero-order chi connectivity index (χ0) is 11.3. The van der Waals surface area contributed by atoms with E-state index in [0.717, 1.165) is 24.7 Å². The number of alkyl halides is 4. The Kier molecular flexibility index (Phi) is 5.77. The highest BCUT2D eigenvalue weighted by molar-refractivity contribution is 9.09. The molecule has 1 saturated heterocycles. The van der Waals surface area contributed by atoms with Crippen molar-refractivity contribution in [3.05, 3.63) is 0 Å². The standard InChI is InChI=1S/C9H15BrF3NS/c10-7-8-3-1-2-4-14(8)5-6-15-9(11,12)13/h8H,1-7H2. The van der Waals surface area contributed by atoms with Gasteiger partial charge >= 0.3 is 5.51 Å². The van der Waals surface area contributed by atoms with Crippen molar-refractivity contribution in [2.75, 3.05) is 24.2 Å². The monoisotopic (exact) mass is 305 g/mol. The average molecular weight is 306 g/mol. The normalized spacial score (nSPS) is 24.4. The van der Waals surface area contributed by atoms with Gasteiger partial charge in [0.2, 0.25) is 0 Å². The van der Waals surface area contributed by atoms with Gasteiger partial charge in [-0.25, -0.2) is 0 Å². The van der Waals surface area contributed by atoms with Gasteiger partial charge < -0.3 is 0 Å². The van der Waals surface area contributed by atoms with Gasteiger partial charge in [-0.1, -0.05) is 22.4 Å². The van der Waals surface area contributed by atoms with Crippen LogP contribution >= 0.6 is 27.7 Å². The van der Waals surface area contributed by atoms with E-state index in [-0.39, 0.29) is 17.5 Å². The smallest absolute Gasteiger partial charge is 0.299 e. The first kappa shape index (κ1) is 13.6. The van der Waals surface area contributed by atoms with E-state index in [2.05, 4.69) is 20.8 Å². The van der Waals surface area contributed by atoms with E-state index in [4.69, 9.17) is 0 Å². The molecule has 0 aliphatic carbocycles. The van der Waals surface area contributed by atoms with Crippen molar-refractivity contribution in [2.24, 2.45) is 0 Å². The number of likely N-dealkylation sites (tertiary alicyclic amines) is 1. The summed E-state index contributed by atoms with van der Waals surface area (Å²) < 4.78 is 35.8. The minimum Gasteiger partial charge on any atom is -0.299 e. The maximum atomic E-state index is 11.9. The second-order valence-corrected chi connectivity index (χ2v) is 5.44. The zero-order valence-corrected chi connectivity index (χ0v) is 10.8. The van der Waals surface area contributed by atoms with Gasteiger partial charge in [0.05, 0.1) is 0 Å². The summed E-state index contributed by atoms with van der Waals surface area (Å²) in [5.74, 6) is 0.146. The second kappa shape index (κ2) is 6.35. The molecule has 0 spiro atoms. The van der Waals surface area contributed by atoms with Crippen LogP contribution in [0.4, 0.5) is 13.2 Å². The molecule has 0 amide bonds. The summed E-state index contributed by atoms with van der Waals surface area (Å²) in [6, 6.07) is 0.424. The predicted molar refractivity (Wildman–Crippen MR) is 61.5 cm³/mol. The number of rotatable bonds is 4. The first-order chi connectivity index (χ1) is 7.03. The summed E-state index contributed by atoms with van der Waals surface area (Å²) in [5.41, 5.74) is -4.08. The van der Waals surface area contributed by atoms with Crippen LogP contribution in [0.25, 0.3) is 0 Å². The largest absolute Gasteiger partial charge is 0.441 e. The van der Waals surface area contributed by atoms with Gasteiger partial charge in [0, 0.05) is 23.7 Å². The quantitative estimate of drug-likeness (QED) is 0.732. The summed E-state index contributed by atoms with van der Waals surface area (Å²) >= 11 is 3.49. The third-order valence-corrected chi connectivity index (χ3v) is 4.03. The number of hydrogen-bond acceptors (Lipinski definition) is 2. The maximum absolute atomic E-state index is 11.9. The summed E-state index contributed by atoms with van der Waals surface area (Å²) in [6.07, 6.45) is 3.40. The van der Waals surface area contributed by atoms with Crippen molar-refractivity contribution in [3.63, 3.8) is 0 Å². The lowest BCUT2D eigenvalue weighted by Gasteiger charge is -2.34. The molecule has 0 aromatic rings. The fraction of sp³-hybridized carbons (Fsp3) is 1.00. The number of halogens is 4. The van der Waals surface area contributed by atoms with Gasteiger partial charge in [-0.2, -0.15) is 13.2 Å². The third kappa shape index (κ3) is 5.45. The molecule has 1 fully saturated rings. The van der Waals surface area contributed by atoms with Gasteiger partial charge in [0.1, 0.15) is 0 Å². The molecule has 6 heteroatoms. The number of hydrogen-bond donors (Lipinski definition) is 0. The van der Waals surface area contributed by atoms with E-state index in [1.807, 2.05) is 0 Å². The van der Waals surface area contributed by atoms with Crippen molar-refractivity contribution in [2.45, 2.75) is 30.8 Å². The minimum atomic E-state index is -4.08. The van der Waals surface area contributed by atoms with E-state index >= 15 is 0 Å². The van der Waals surface area contributed by atoms with Gasteiger partial charge in [-0.15, -0.1) is 0 Å². The van der Waals surface area contributed by atoms with E-state index in [0.29, 0.717) is 12.6 Å². The molecule has 1 unspecified atom stereocenters. The average Bonchev–Trinajstić information content (AvgIpc) is 2.16. The van der Waals surface area contributed by atoms with Crippen LogP contribution < -0.4 is 0 Å². The van der Waals surface area contributed by atoms with Crippen LogP contribution in [0, 0.1) is 0 Å². The van der Waals surface area contributed by atoms with E-state index in [9.17, 15) is 13.2 Å². The van der Waals surface area contributed by atoms with Gasteiger partial charge in [0.15, 0.2) is 0 Å². The first-order valence-electron chi connectivity index (χ1n) is 5.03. The zero-order valence-electron chi connectivity index (χ0n) is 8.39. The van der Waals surface area contributed by atoms with E-state index in [1.165, 1.54) is 6.42 Å². The minimum absolute atomic E-state index is 0.0828. The van der Waals surface area contributed by atoms with Crippen molar-refractivity contribution in [3.8, 4) is 0 Å². The topological polar surface area (TPSA) is 3.24 Å². The Labute approximate surface area is 101 Å². The van der Waals surface area contributed by atoms with Crippen molar-refractivity contribution in [1.82, 2.24) is 4.90 Å². The second-order valence-electron chi connectivity index (χ2n) is 3.63. The molecule has 0 bridgehead atoms. The van der Waals surface area contributed by atoms with Crippen LogP contribution in [0.1, 0.15) is 19.3 Å². The predicted octanol–water partition coefficient (Wildman–Crippen LogP) is 3.49. The number of thioether (sulfide) groups is 1. The molecular weight excluding hydrogens is 291 g/mol. The van der Waals surface area contributed by atoms with Crippen LogP contribution in [0.3, 0.4) is 0 Å². The number of nitrogens with zero attached hydrogens (tertiary/aromatic N) is 1. The maximum Gasteiger partial charge on any atom is 0.441 e. The Hall–Kier alpha value is 0.580. The highest BCUT2D eigenvalue weighted by Crippen LogP contribution is 2.30. The van der Waals surface area contributed by atoms with Gasteiger partial charge in [0.25, 0.3) is 0 Å². The van der Waals surface area contributed by atoms with Crippen LogP contribution in [-0.2, 0) is 0 Å². The Balaban J connectivity index is 2.23. The fourth-order valence-electron chi connectivity index (χ4n) is 1.81. The molecule has 0 radical (unpaired) electrons. The summed E-state index contributed by atoms with van der Waals surface area (Å²) in [7, 11) is 0. The first-order valence-corrected chi connectivity index (χ1v) is 7.14. The Bertz CT molecular complexity index is 189. The lowest BCUT2D eigenvalue weighted by Crippen LogP contribution is -2.41. The molecule has 15 heavy (non-hydrogen) atoms. The highest BCUT2D eigenvalue weighted by atomic mass is 79.9. The van der Waals surface area contributed by atoms with E-state index < -0.39 is 5.51 Å². The third-order valence-electron chi connectivity index (χ3n) is 2.57. The lowest BCUT2D eigenvalue weighted by molar-refractivity contribution is -0.0329. The molecule has 1 aliphatic rings. The highest BCUT2D eigenvalue weighted by Gasteiger charge is 2.29. The summed E-state index contributed by atoms with van der Waals surface area (Å²) in [4.78, 5) is 2.16. The van der Waals surface area contributed by atoms with Gasteiger partial charge in [-0.3, -0.25) is 4.90 Å². The molecule has 1 rings (SSSR count). The van der Waals surface area contributed by atoms with Crippen molar-refractivity contribution in [1.29, 1.82) is 0 Å². The Morgan fingerprint density at radius 1 is 1.33 bits per heavy atom. The molecular formula is C9H15BrF3NS. The lowest BCUT2D eigenvalue weighted by atomic mass is 10.0. The number of piperidine rings is 1. The molecule has 1 atom stereocenters. The molecule has 0 aromatic heterocycles. The van der Waals surface area contributed by atoms with Gasteiger partial charge in [-0.05, 0) is 31.1 Å². The molecule has 0 saturated carbocycles. The van der Waals surface area contributed by atoms with Crippen molar-refractivity contribution < 1.29 is 13.2 Å². The molecule has 90 valence electrons. The Morgan fingerprint density at radius 2 is 2.07 bits per heavy atom. The van der Waals surface area contributed by atoms with Crippen LogP contribution in [0.15, 0.2) is 0 Å². The Morgan fingerprint density at radius 3 is 2.67 bits per heavy atom.